The molecule has 0 unspecified atom stereocenters. The number of carboxylic acids is 1. The van der Waals surface area contributed by atoms with Gasteiger partial charge < -0.3 is 28.7 Å². The second-order valence-electron chi connectivity index (χ2n) is 7.87. The third kappa shape index (κ3) is 5.07. The summed E-state index contributed by atoms with van der Waals surface area (Å²) in [7, 11) is 1.57. The topological polar surface area (TPSA) is 89.8 Å². The summed E-state index contributed by atoms with van der Waals surface area (Å²) < 4.78 is 18.5. The van der Waals surface area contributed by atoms with Crippen LogP contribution in [-0.4, -0.2) is 24.4 Å². The zero-order valence-corrected chi connectivity index (χ0v) is 23.9. The first kappa shape index (κ1) is 25.9. The Balaban J connectivity index is 0.00000289. The average Bonchev–Trinajstić information content (AvgIpc) is 3.29. The van der Waals surface area contributed by atoms with E-state index in [1.165, 1.54) is 0 Å². The average molecular weight is 560 g/mol. The zero-order chi connectivity index (χ0) is 23.8. The molecule has 0 saturated carbocycles. The summed E-state index contributed by atoms with van der Waals surface area (Å²) in [6.45, 7) is 0.305. The third-order valence-corrected chi connectivity index (χ3v) is 6.61. The van der Waals surface area contributed by atoms with E-state index in [-0.39, 0.29) is 87.8 Å². The van der Waals surface area contributed by atoms with Crippen LogP contribution in [0.4, 0.5) is 0 Å². The molecular weight excluding hydrogens is 541 g/mol. The fourth-order valence-corrected chi connectivity index (χ4v) is 4.66. The molecule has 0 fully saturated rings. The largest absolute Gasteiger partial charge is 1.00 e. The van der Waals surface area contributed by atoms with E-state index < -0.39 is 5.97 Å². The number of para-hydroxylation sites is 1. The van der Waals surface area contributed by atoms with Crippen LogP contribution in [0.15, 0.2) is 69.9 Å². The number of carbonyl (C=O) groups excluding carboxylic acids is 1. The van der Waals surface area contributed by atoms with Crippen molar-refractivity contribution in [2.75, 3.05) is 13.9 Å². The summed E-state index contributed by atoms with van der Waals surface area (Å²) in [6, 6.07) is 17.8. The molecule has 0 N–H and O–H groups in total. The second-order valence-corrected chi connectivity index (χ2v) is 8.72. The summed E-state index contributed by atoms with van der Waals surface area (Å²) in [4.78, 5) is 25.9. The van der Waals surface area contributed by atoms with E-state index in [2.05, 4.69) is 15.9 Å². The molecule has 1 aromatic heterocycles. The summed E-state index contributed by atoms with van der Waals surface area (Å²) in [5.74, 6) is 0.452. The van der Waals surface area contributed by atoms with Crippen molar-refractivity contribution in [1.82, 2.24) is 4.57 Å². The van der Waals surface area contributed by atoms with Gasteiger partial charge in [0.1, 0.15) is 5.75 Å². The number of aromatic nitrogens is 1. The first-order valence-corrected chi connectivity index (χ1v) is 11.3. The molecule has 0 spiro atoms. The number of benzene rings is 3. The van der Waals surface area contributed by atoms with Gasteiger partial charge in [-0.15, -0.1) is 0 Å². The number of hydrogen-bond acceptors (Lipinski definition) is 6. The number of hydrogen-bond donors (Lipinski definition) is 0. The number of methoxy groups -OCH3 is 1. The van der Waals surface area contributed by atoms with Gasteiger partial charge in [-0.2, -0.15) is 0 Å². The maximum absolute atomic E-state index is 13.4. The fraction of sp³-hybridized carbons (Fsp3) is 0.154. The molecule has 35 heavy (non-hydrogen) atoms. The number of fused-ring (bicyclic) bond motifs is 2. The SMILES string of the molecule is COc1ccc(Cc2c(C(=O)[O-])n(Cc3cc4c(cc3Br)OCO4)c3ccccc3c2=O)cc1.[K+]. The summed E-state index contributed by atoms with van der Waals surface area (Å²) >= 11 is 3.55. The smallest absolute Gasteiger partial charge is 0.543 e. The van der Waals surface area contributed by atoms with Gasteiger partial charge in [-0.1, -0.05) is 40.2 Å². The minimum absolute atomic E-state index is 0. The van der Waals surface area contributed by atoms with Gasteiger partial charge in [0.15, 0.2) is 16.9 Å². The number of pyridine rings is 1. The second kappa shape index (κ2) is 10.9. The van der Waals surface area contributed by atoms with Crippen LogP contribution in [0.25, 0.3) is 10.9 Å². The molecule has 1 aliphatic rings. The normalized spacial score (nSPS) is 11.8. The Labute approximate surface area is 252 Å². The van der Waals surface area contributed by atoms with Gasteiger partial charge in [0.2, 0.25) is 6.79 Å². The Kier molecular flexibility index (Phi) is 8.04. The van der Waals surface area contributed by atoms with Crippen LogP contribution in [0.3, 0.4) is 0 Å². The molecule has 9 heteroatoms. The molecule has 172 valence electrons. The molecule has 5 rings (SSSR count). The molecular formula is C26H19BrKNO6. The first-order chi connectivity index (χ1) is 16.5. The number of carboxylic acid groups (broad SMARTS) is 1. The van der Waals surface area contributed by atoms with E-state index in [0.29, 0.717) is 28.2 Å². The maximum atomic E-state index is 13.4. The summed E-state index contributed by atoms with van der Waals surface area (Å²) in [5, 5.41) is 12.9. The predicted octanol–water partition coefficient (Wildman–Crippen LogP) is 0.508. The van der Waals surface area contributed by atoms with Gasteiger partial charge >= 0.3 is 51.4 Å². The molecule has 0 aliphatic carbocycles. The maximum Gasteiger partial charge on any atom is 1.00 e. The monoisotopic (exact) mass is 559 g/mol. The van der Waals surface area contributed by atoms with Crippen LogP contribution in [0.5, 0.6) is 17.2 Å². The van der Waals surface area contributed by atoms with Gasteiger partial charge in [0.05, 0.1) is 24.3 Å². The summed E-state index contributed by atoms with van der Waals surface area (Å²) in [5.41, 5.74) is 1.76. The molecule has 0 amide bonds. The number of nitrogens with zero attached hydrogens (tertiary/aromatic N) is 1. The minimum Gasteiger partial charge on any atom is -0.543 e. The van der Waals surface area contributed by atoms with Crippen molar-refractivity contribution >= 4 is 32.8 Å². The van der Waals surface area contributed by atoms with E-state index in [0.717, 1.165) is 15.6 Å². The molecule has 0 saturated heterocycles. The van der Waals surface area contributed by atoms with Crippen LogP contribution in [-0.2, 0) is 13.0 Å². The van der Waals surface area contributed by atoms with Crippen molar-refractivity contribution in [3.63, 3.8) is 0 Å². The van der Waals surface area contributed by atoms with Crippen LogP contribution < -0.4 is 76.1 Å². The van der Waals surface area contributed by atoms with Crippen LogP contribution in [0, 0.1) is 0 Å². The van der Waals surface area contributed by atoms with E-state index in [1.54, 1.807) is 54.1 Å². The van der Waals surface area contributed by atoms with Gasteiger partial charge in [-0.05, 0) is 47.5 Å². The van der Waals surface area contributed by atoms with Crippen LogP contribution >= 0.6 is 15.9 Å². The third-order valence-electron chi connectivity index (χ3n) is 5.87. The quantitative estimate of drug-likeness (QED) is 0.320. The van der Waals surface area contributed by atoms with Gasteiger partial charge in [-0.25, -0.2) is 0 Å². The minimum atomic E-state index is -1.41. The Hall–Kier alpha value is -2.14. The number of ether oxygens (including phenoxy) is 3. The molecule has 4 aromatic rings. The Morgan fingerprint density at radius 1 is 1.09 bits per heavy atom. The van der Waals surface area contributed by atoms with Crippen molar-refractivity contribution < 1.29 is 75.5 Å². The van der Waals surface area contributed by atoms with E-state index in [4.69, 9.17) is 14.2 Å². The molecule has 0 atom stereocenters. The molecule has 3 aromatic carbocycles. The first-order valence-electron chi connectivity index (χ1n) is 10.5. The van der Waals surface area contributed by atoms with E-state index in [1.807, 2.05) is 18.2 Å². The summed E-state index contributed by atoms with van der Waals surface area (Å²) in [6.07, 6.45) is 0.138. The van der Waals surface area contributed by atoms with Gasteiger partial charge in [0, 0.05) is 28.4 Å². The molecule has 0 bridgehead atoms. The Bertz CT molecular complexity index is 1480. The van der Waals surface area contributed by atoms with Crippen molar-refractivity contribution in [2.24, 2.45) is 0 Å². The van der Waals surface area contributed by atoms with Crippen molar-refractivity contribution in [3.8, 4) is 17.2 Å². The van der Waals surface area contributed by atoms with Gasteiger partial charge in [0.25, 0.3) is 0 Å². The fourth-order valence-electron chi connectivity index (χ4n) is 4.21. The number of halogens is 1. The van der Waals surface area contributed by atoms with E-state index >= 15 is 0 Å². The van der Waals surface area contributed by atoms with Crippen molar-refractivity contribution in [2.45, 2.75) is 13.0 Å². The van der Waals surface area contributed by atoms with Crippen molar-refractivity contribution in [3.05, 3.63) is 97.7 Å². The number of rotatable bonds is 6. The zero-order valence-electron chi connectivity index (χ0n) is 19.2. The van der Waals surface area contributed by atoms with Gasteiger partial charge in [-0.3, -0.25) is 4.79 Å². The van der Waals surface area contributed by atoms with Crippen molar-refractivity contribution in [1.29, 1.82) is 0 Å². The van der Waals surface area contributed by atoms with Crippen LogP contribution in [0.2, 0.25) is 0 Å². The number of carbonyl (C=O) groups is 1. The standard InChI is InChI=1S/C26H20BrNO6.K/c1-32-17-8-6-15(7-9-17)10-19-24(26(30)31)28(21-5-3-2-4-18(21)25(19)29)13-16-11-22-23(12-20(16)27)34-14-33-22;/h2-9,11-12H,10,13-14H2,1H3,(H,30,31);/q;+1/p-1. The van der Waals surface area contributed by atoms with E-state index in [9.17, 15) is 14.7 Å². The molecule has 2 heterocycles. The molecule has 1 aliphatic heterocycles. The Morgan fingerprint density at radius 3 is 2.46 bits per heavy atom. The predicted molar refractivity (Wildman–Crippen MR) is 128 cm³/mol. The molecule has 0 radical (unpaired) electrons. The Morgan fingerprint density at radius 2 is 1.77 bits per heavy atom. The van der Waals surface area contributed by atoms with Crippen LogP contribution in [0.1, 0.15) is 27.2 Å². The molecule has 7 nitrogen and oxygen atoms in total. The number of aromatic carboxylic acids is 1.